The van der Waals surface area contributed by atoms with Crippen LogP contribution in [0.3, 0.4) is 0 Å². The van der Waals surface area contributed by atoms with Crippen LogP contribution in [0.2, 0.25) is 0 Å². The molecular weight excluding hydrogens is 1220 g/mol. The molecule has 0 aliphatic rings. The number of nitrogens with two attached hydrogens (primary N) is 3. The standard InChI is InChI=1S/2C11H15NO.2C11H13N.C11H14O.C10H14OS.C10H14O.C9H14N2.CH4/c1-11(2,3)9-6-4-8(5-7-9)10(12)13;1-11(2,3)9-6-4-5-8(7-9)10(12)13;1-11(2,3)10-6-4-9(8-12)5-7-10;2*1-11(2,3)10-6-4-5-9(7-10)8-12;1-7(11)8-5-6-9(12-8)10(2,3)4;1-5-8-6-7-9(11-8)10(2,3)4;1-9(2,3)7-5-4-6-11-8(7)10;/h2*4-7H,1-3H3,(H2,12,13);2*4-7H,1-3H3;4-8H,1-3H3;5-6H,1-4H3;5-7H,1H2,2-4H3;4-6H,1-3H3,(H2,10,11);1H4. The molecule has 0 bridgehead atoms. The molecule has 5 aromatic carbocycles. The first-order chi connectivity index (χ1) is 43.9. The number of anilines is 1. The zero-order valence-corrected chi connectivity index (χ0v) is 63.3. The molecule has 12 heteroatoms. The molecule has 0 saturated carbocycles. The van der Waals surface area contributed by atoms with Gasteiger partial charge in [-0.05, 0) is 169 Å². The second-order valence-electron chi connectivity index (χ2n) is 31.6. The first kappa shape index (κ1) is 88.0. The Hall–Kier alpha value is -8.97. The highest BCUT2D eigenvalue weighted by atomic mass is 32.1. The molecule has 6 N–H and O–H groups in total. The van der Waals surface area contributed by atoms with Crippen LogP contribution >= 0.6 is 11.3 Å². The first-order valence-corrected chi connectivity index (χ1v) is 33.1. The number of aromatic nitrogens is 1. The summed E-state index contributed by atoms with van der Waals surface area (Å²) in [7, 11) is 0. The normalized spacial score (nSPS) is 11.2. The number of ketones is 1. The molecule has 0 aliphatic heterocycles. The van der Waals surface area contributed by atoms with Crippen molar-refractivity contribution in [2.45, 2.75) is 224 Å². The first-order valence-electron chi connectivity index (χ1n) is 32.3. The number of nitrogen functional groups attached to an aromatic ring is 1. The number of primary amides is 2. The van der Waals surface area contributed by atoms with E-state index in [4.69, 9.17) is 32.1 Å². The molecule has 0 atom stereocenters. The summed E-state index contributed by atoms with van der Waals surface area (Å²) in [6.45, 7) is 56.5. The van der Waals surface area contributed by atoms with Gasteiger partial charge in [0.05, 0.1) is 28.1 Å². The van der Waals surface area contributed by atoms with Gasteiger partial charge in [0.1, 0.15) is 23.6 Å². The highest BCUT2D eigenvalue weighted by Gasteiger charge is 2.21. The number of aldehydes is 1. The largest absolute Gasteiger partial charge is 0.461 e. The van der Waals surface area contributed by atoms with Gasteiger partial charge in [0.25, 0.3) is 0 Å². The van der Waals surface area contributed by atoms with Gasteiger partial charge in [0, 0.05) is 33.2 Å². The van der Waals surface area contributed by atoms with Gasteiger partial charge in [-0.15, -0.1) is 11.3 Å². The van der Waals surface area contributed by atoms with E-state index in [2.05, 4.69) is 196 Å². The number of carbonyl (C=O) groups excluding carboxylic acids is 4. The fourth-order valence-corrected chi connectivity index (χ4v) is 9.26. The quantitative estimate of drug-likeness (QED) is 0.110. The Morgan fingerprint density at radius 3 is 1.26 bits per heavy atom. The van der Waals surface area contributed by atoms with Crippen molar-refractivity contribution in [3.05, 3.63) is 253 Å². The molecular formula is C85H116N6O5S. The molecule has 11 nitrogen and oxygen atoms in total. The third-order valence-corrected chi connectivity index (χ3v) is 16.2. The molecule has 3 heterocycles. The number of carbonyl (C=O) groups is 4. The number of rotatable bonds is 5. The Morgan fingerprint density at radius 2 is 0.918 bits per heavy atom. The lowest BCUT2D eigenvalue weighted by Gasteiger charge is -2.19. The van der Waals surface area contributed by atoms with Crippen LogP contribution in [-0.2, 0) is 43.3 Å². The van der Waals surface area contributed by atoms with Gasteiger partial charge in [0.2, 0.25) is 11.8 Å². The third-order valence-electron chi connectivity index (χ3n) is 14.6. The Balaban J connectivity index is 0.00000108. The molecule has 0 saturated heterocycles. The number of hydrogen-bond donors (Lipinski definition) is 3. The van der Waals surface area contributed by atoms with E-state index in [1.54, 1.807) is 48.7 Å². The lowest BCUT2D eigenvalue weighted by Crippen LogP contribution is -2.15. The molecule has 3 aromatic heterocycles. The Bertz CT molecular complexity index is 3830. The Kier molecular flexibility index (Phi) is 34.6. The van der Waals surface area contributed by atoms with Crippen LogP contribution in [0.15, 0.2) is 175 Å². The maximum atomic E-state index is 11.0. The van der Waals surface area contributed by atoms with Crippen molar-refractivity contribution in [3.63, 3.8) is 0 Å². The minimum absolute atomic E-state index is 0. The minimum atomic E-state index is -0.375. The summed E-state index contributed by atoms with van der Waals surface area (Å²) in [5.74, 6) is 1.91. The van der Waals surface area contributed by atoms with Crippen molar-refractivity contribution in [1.82, 2.24) is 4.98 Å². The topological polar surface area (TPSA) is 220 Å². The molecule has 0 aliphatic carbocycles. The summed E-state index contributed by atoms with van der Waals surface area (Å²) in [5, 5.41) is 17.3. The molecule has 0 unspecified atom stereocenters. The van der Waals surface area contributed by atoms with Crippen molar-refractivity contribution in [2.75, 3.05) is 5.73 Å². The zero-order chi connectivity index (χ0) is 74.0. The second-order valence-corrected chi connectivity index (χ2v) is 32.7. The third kappa shape index (κ3) is 33.0. The molecule has 8 aromatic rings. The number of amides is 2. The average molecular weight is 1330 g/mol. The summed E-state index contributed by atoms with van der Waals surface area (Å²) >= 11 is 1.60. The van der Waals surface area contributed by atoms with E-state index in [-0.39, 0.29) is 68.3 Å². The van der Waals surface area contributed by atoms with Gasteiger partial charge in [-0.25, -0.2) is 4.98 Å². The van der Waals surface area contributed by atoms with Crippen molar-refractivity contribution in [3.8, 4) is 12.1 Å². The van der Waals surface area contributed by atoms with Crippen molar-refractivity contribution in [1.29, 1.82) is 10.5 Å². The Morgan fingerprint density at radius 1 is 0.474 bits per heavy atom. The number of furan rings is 1. The van der Waals surface area contributed by atoms with E-state index in [9.17, 15) is 19.2 Å². The highest BCUT2D eigenvalue weighted by molar-refractivity contribution is 7.14. The number of benzene rings is 5. The van der Waals surface area contributed by atoms with Crippen LogP contribution in [0.25, 0.3) is 6.08 Å². The van der Waals surface area contributed by atoms with Crippen molar-refractivity contribution < 1.29 is 23.6 Å². The maximum Gasteiger partial charge on any atom is 0.248 e. The van der Waals surface area contributed by atoms with E-state index in [0.29, 0.717) is 16.9 Å². The lowest BCUT2D eigenvalue weighted by molar-refractivity contribution is 0.0991. The number of pyridine rings is 1. The van der Waals surface area contributed by atoms with Crippen molar-refractivity contribution in [2.24, 2.45) is 11.5 Å². The van der Waals surface area contributed by atoms with Gasteiger partial charge >= 0.3 is 0 Å². The highest BCUT2D eigenvalue weighted by Crippen LogP contribution is 2.31. The fourth-order valence-electron chi connectivity index (χ4n) is 8.30. The van der Waals surface area contributed by atoms with Gasteiger partial charge < -0.3 is 21.6 Å². The summed E-state index contributed by atoms with van der Waals surface area (Å²) in [5.41, 5.74) is 27.5. The molecule has 8 rings (SSSR count). The van der Waals surface area contributed by atoms with Crippen LogP contribution in [-0.4, -0.2) is 28.9 Å². The summed E-state index contributed by atoms with van der Waals surface area (Å²) in [6.07, 6.45) is 4.31. The molecule has 0 radical (unpaired) electrons. The summed E-state index contributed by atoms with van der Waals surface area (Å²) in [4.78, 5) is 49.3. The van der Waals surface area contributed by atoms with Crippen LogP contribution in [0.1, 0.15) is 282 Å². The minimum Gasteiger partial charge on any atom is -0.461 e. The van der Waals surface area contributed by atoms with Gasteiger partial charge in [0.15, 0.2) is 5.78 Å². The summed E-state index contributed by atoms with van der Waals surface area (Å²) < 4.78 is 5.48. The molecule has 97 heavy (non-hydrogen) atoms. The zero-order valence-electron chi connectivity index (χ0n) is 62.5. The number of thiophene rings is 1. The molecule has 522 valence electrons. The van der Waals surface area contributed by atoms with Crippen LogP contribution in [0.5, 0.6) is 0 Å². The van der Waals surface area contributed by atoms with E-state index in [1.165, 1.54) is 27.1 Å². The van der Waals surface area contributed by atoms with Gasteiger partial charge in [-0.2, -0.15) is 10.5 Å². The van der Waals surface area contributed by atoms with Gasteiger partial charge in [-0.1, -0.05) is 253 Å². The van der Waals surface area contributed by atoms with Crippen LogP contribution in [0, 0.1) is 22.7 Å². The number of nitriles is 2. The monoisotopic (exact) mass is 1330 g/mol. The number of nitrogens with zero attached hydrogens (tertiary/aromatic N) is 3. The van der Waals surface area contributed by atoms with E-state index in [0.717, 1.165) is 50.5 Å². The predicted octanol–water partition coefficient (Wildman–Crippen LogP) is 21.7. The summed E-state index contributed by atoms with van der Waals surface area (Å²) in [6, 6.07) is 54.2. The van der Waals surface area contributed by atoms with E-state index >= 15 is 0 Å². The molecule has 0 spiro atoms. The number of Topliss-reactive ketones (excluding diaryl/α,β-unsaturated/α-hetero) is 1. The lowest BCUT2D eigenvalue weighted by atomic mass is 9.86. The average Bonchev–Trinajstić information content (AvgIpc) is 1.50. The second kappa shape index (κ2) is 38.1. The molecule has 2 amide bonds. The van der Waals surface area contributed by atoms with Gasteiger partial charge in [-0.3, -0.25) is 19.2 Å². The van der Waals surface area contributed by atoms with Crippen LogP contribution in [0.4, 0.5) is 5.82 Å². The molecule has 0 fully saturated rings. The fraction of sp³-hybridized carbons (Fsp3) is 0.400. The smallest absolute Gasteiger partial charge is 0.248 e. The van der Waals surface area contributed by atoms with E-state index in [1.807, 2.05) is 133 Å². The SMILES string of the molecule is C.C=Cc1ccc(C(C)(C)C)o1.CC(=O)c1ccc(C(C)(C)C)s1.CC(C)(C)c1ccc(C#N)cc1.CC(C)(C)c1ccc(C(N)=O)cc1.CC(C)(C)c1cccc(C#N)c1.CC(C)(C)c1cccc(C(N)=O)c1.CC(C)(C)c1cccc(C=O)c1.CC(C)(C)c1cccnc1N. The Labute approximate surface area is 589 Å². The predicted molar refractivity (Wildman–Crippen MR) is 412 cm³/mol. The number of hydrogen-bond acceptors (Lipinski definition) is 10. The van der Waals surface area contributed by atoms with Crippen molar-refractivity contribution >= 4 is 47.1 Å². The maximum absolute atomic E-state index is 11.0. The van der Waals surface area contributed by atoms with Crippen LogP contribution < -0.4 is 17.2 Å². The van der Waals surface area contributed by atoms with E-state index < -0.39 is 0 Å².